The van der Waals surface area contributed by atoms with Gasteiger partial charge in [0.05, 0.1) is 28.6 Å². The molecule has 0 bridgehead atoms. The maximum Gasteiger partial charge on any atom is 0.274 e. The highest BCUT2D eigenvalue weighted by atomic mass is 16.1. The van der Waals surface area contributed by atoms with Crippen molar-refractivity contribution >= 4 is 22.6 Å². The molecule has 0 fully saturated rings. The molecular weight excluding hydrogens is 316 g/mol. The molecule has 1 amide bonds. The molecule has 0 aliphatic heterocycles. The molecule has 0 saturated carbocycles. The summed E-state index contributed by atoms with van der Waals surface area (Å²) in [4.78, 5) is 27.3. The summed E-state index contributed by atoms with van der Waals surface area (Å²) in [6, 6.07) is 16.4. The van der Waals surface area contributed by atoms with Crippen LogP contribution in [-0.4, -0.2) is 25.8 Å². The Labute approximate surface area is 142 Å². The Morgan fingerprint density at radius 2 is 1.92 bits per heavy atom. The molecule has 7 nitrogen and oxygen atoms in total. The van der Waals surface area contributed by atoms with Gasteiger partial charge in [-0.2, -0.15) is 5.26 Å². The largest absolute Gasteiger partial charge is 0.340 e. The molecule has 0 radical (unpaired) electrons. The van der Waals surface area contributed by atoms with Crippen LogP contribution in [0.1, 0.15) is 16.1 Å². The van der Waals surface area contributed by atoms with E-state index >= 15 is 0 Å². The molecule has 25 heavy (non-hydrogen) atoms. The van der Waals surface area contributed by atoms with Crippen LogP contribution in [0.2, 0.25) is 0 Å². The van der Waals surface area contributed by atoms with Crippen LogP contribution < -0.4 is 5.32 Å². The summed E-state index contributed by atoms with van der Waals surface area (Å²) < 4.78 is 0. The first-order valence-electron chi connectivity index (χ1n) is 7.55. The highest BCUT2D eigenvalue weighted by molar-refractivity contribution is 6.07. The van der Waals surface area contributed by atoms with E-state index < -0.39 is 5.91 Å². The second-order valence-electron chi connectivity index (χ2n) is 5.34. The number of hydrogen-bond acceptors (Lipinski definition) is 4. The summed E-state index contributed by atoms with van der Waals surface area (Å²) in [5.74, 6) is 0.108. The van der Waals surface area contributed by atoms with E-state index in [2.05, 4.69) is 31.3 Å². The number of benzene rings is 2. The monoisotopic (exact) mass is 328 g/mol. The minimum absolute atomic E-state index is 0.270. The summed E-state index contributed by atoms with van der Waals surface area (Å²) in [7, 11) is 0. The van der Waals surface area contributed by atoms with Crippen LogP contribution >= 0.6 is 0 Å². The topological polar surface area (TPSA) is 110 Å². The van der Waals surface area contributed by atoms with Crippen LogP contribution in [0.25, 0.3) is 22.6 Å². The van der Waals surface area contributed by atoms with Gasteiger partial charge in [0.15, 0.2) is 5.82 Å². The second-order valence-corrected chi connectivity index (χ2v) is 5.34. The van der Waals surface area contributed by atoms with Gasteiger partial charge >= 0.3 is 0 Å². The van der Waals surface area contributed by atoms with Crippen LogP contribution in [0, 0.1) is 11.3 Å². The lowest BCUT2D eigenvalue weighted by molar-refractivity contribution is 0.102. The molecule has 2 aromatic carbocycles. The summed E-state index contributed by atoms with van der Waals surface area (Å²) in [6.07, 6.45) is 1.44. The van der Waals surface area contributed by atoms with Crippen molar-refractivity contribution < 1.29 is 4.79 Å². The quantitative estimate of drug-likeness (QED) is 0.536. The first-order valence-corrected chi connectivity index (χ1v) is 7.55. The lowest BCUT2D eigenvalue weighted by Crippen LogP contribution is -2.14. The van der Waals surface area contributed by atoms with Gasteiger partial charge in [0.25, 0.3) is 5.91 Å². The van der Waals surface area contributed by atoms with E-state index in [0.29, 0.717) is 22.8 Å². The first kappa shape index (κ1) is 14.7. The Balaban J connectivity index is 1.69. The molecule has 7 heteroatoms. The Morgan fingerprint density at radius 3 is 2.76 bits per heavy atom. The van der Waals surface area contributed by atoms with E-state index in [1.165, 1.54) is 6.33 Å². The lowest BCUT2D eigenvalue weighted by atomic mass is 10.2. The van der Waals surface area contributed by atoms with Crippen LogP contribution in [0.15, 0.2) is 54.9 Å². The zero-order chi connectivity index (χ0) is 17.2. The van der Waals surface area contributed by atoms with Gasteiger partial charge in [-0.25, -0.2) is 9.97 Å². The number of nitriles is 1. The van der Waals surface area contributed by atoms with E-state index in [0.717, 1.165) is 11.0 Å². The second kappa shape index (κ2) is 5.94. The fourth-order valence-corrected chi connectivity index (χ4v) is 2.59. The number of nitrogens with zero attached hydrogens (tertiary/aromatic N) is 3. The van der Waals surface area contributed by atoms with Crippen LogP contribution in [-0.2, 0) is 0 Å². The Hall–Kier alpha value is -3.92. The molecule has 3 N–H and O–H groups in total. The van der Waals surface area contributed by atoms with Gasteiger partial charge in [-0.15, -0.1) is 0 Å². The summed E-state index contributed by atoms with van der Waals surface area (Å²) in [5, 5.41) is 11.9. The Morgan fingerprint density at radius 1 is 1.12 bits per heavy atom. The third-order valence-corrected chi connectivity index (χ3v) is 3.78. The van der Waals surface area contributed by atoms with Gasteiger partial charge < -0.3 is 15.3 Å². The molecule has 2 heterocycles. The smallest absolute Gasteiger partial charge is 0.274 e. The SMILES string of the molecule is N#Cc1ccccc1NC(=O)c1[nH]cnc1-c1nc2ccccc2[nH]1. The predicted octanol–water partition coefficient (Wildman–Crippen LogP) is 3.08. The van der Waals surface area contributed by atoms with Gasteiger partial charge in [-0.05, 0) is 24.3 Å². The van der Waals surface area contributed by atoms with Crippen molar-refractivity contribution in [1.82, 2.24) is 19.9 Å². The summed E-state index contributed by atoms with van der Waals surface area (Å²) in [6.45, 7) is 0. The number of rotatable bonds is 3. The van der Waals surface area contributed by atoms with Gasteiger partial charge in [0.2, 0.25) is 0 Å². The lowest BCUT2D eigenvalue weighted by Gasteiger charge is -2.06. The number of amides is 1. The number of carbonyl (C=O) groups is 1. The fourth-order valence-electron chi connectivity index (χ4n) is 2.59. The number of H-pyrrole nitrogens is 2. The molecule has 0 saturated heterocycles. The van der Waals surface area contributed by atoms with Gasteiger partial charge in [0.1, 0.15) is 17.5 Å². The van der Waals surface area contributed by atoms with E-state index in [-0.39, 0.29) is 5.69 Å². The van der Waals surface area contributed by atoms with Crippen LogP contribution in [0.4, 0.5) is 5.69 Å². The van der Waals surface area contributed by atoms with Crippen molar-refractivity contribution in [2.45, 2.75) is 0 Å². The maximum atomic E-state index is 12.6. The molecule has 120 valence electrons. The number of anilines is 1. The van der Waals surface area contributed by atoms with Crippen molar-refractivity contribution in [3.05, 3.63) is 66.1 Å². The molecule has 0 unspecified atom stereocenters. The summed E-state index contributed by atoms with van der Waals surface area (Å²) >= 11 is 0. The summed E-state index contributed by atoms with van der Waals surface area (Å²) in [5.41, 5.74) is 3.18. The van der Waals surface area contributed by atoms with E-state index in [4.69, 9.17) is 5.26 Å². The highest BCUT2D eigenvalue weighted by Gasteiger charge is 2.19. The molecular formula is C18H12N6O. The van der Waals surface area contributed by atoms with Crippen molar-refractivity contribution in [2.75, 3.05) is 5.32 Å². The number of aromatic nitrogens is 4. The Kier molecular flexibility index (Phi) is 3.48. The average Bonchev–Trinajstić information content (AvgIpc) is 3.28. The molecule has 0 aliphatic carbocycles. The number of nitrogens with one attached hydrogen (secondary N) is 3. The number of fused-ring (bicyclic) bond motifs is 1. The minimum Gasteiger partial charge on any atom is -0.340 e. The standard InChI is InChI=1S/C18H12N6O/c19-9-11-5-1-2-6-12(11)24-18(25)16-15(20-10-21-16)17-22-13-7-3-4-8-14(13)23-17/h1-8,10H,(H,20,21)(H,22,23)(H,24,25). The maximum absolute atomic E-state index is 12.6. The molecule has 4 rings (SSSR count). The zero-order valence-corrected chi connectivity index (χ0v) is 12.9. The van der Waals surface area contributed by atoms with Crippen molar-refractivity contribution in [1.29, 1.82) is 5.26 Å². The van der Waals surface area contributed by atoms with E-state index in [1.54, 1.807) is 24.3 Å². The minimum atomic E-state index is -0.393. The third-order valence-electron chi connectivity index (χ3n) is 3.78. The van der Waals surface area contributed by atoms with Crippen LogP contribution in [0.3, 0.4) is 0 Å². The normalized spacial score (nSPS) is 10.5. The predicted molar refractivity (Wildman–Crippen MR) is 92.8 cm³/mol. The highest BCUT2D eigenvalue weighted by Crippen LogP contribution is 2.22. The van der Waals surface area contributed by atoms with E-state index in [1.807, 2.05) is 24.3 Å². The zero-order valence-electron chi connectivity index (χ0n) is 12.9. The number of imidazole rings is 2. The number of aromatic amines is 2. The van der Waals surface area contributed by atoms with E-state index in [9.17, 15) is 4.79 Å². The van der Waals surface area contributed by atoms with Gasteiger partial charge in [-0.3, -0.25) is 4.79 Å². The van der Waals surface area contributed by atoms with Crippen LogP contribution in [0.5, 0.6) is 0 Å². The van der Waals surface area contributed by atoms with Gasteiger partial charge in [0, 0.05) is 0 Å². The first-order chi connectivity index (χ1) is 12.3. The molecule has 0 spiro atoms. The molecule has 4 aromatic rings. The van der Waals surface area contributed by atoms with Crippen molar-refractivity contribution in [2.24, 2.45) is 0 Å². The van der Waals surface area contributed by atoms with Crippen molar-refractivity contribution in [3.8, 4) is 17.6 Å². The molecule has 0 atom stereocenters. The van der Waals surface area contributed by atoms with Gasteiger partial charge in [-0.1, -0.05) is 24.3 Å². The number of para-hydroxylation sites is 3. The Bertz CT molecular complexity index is 1080. The van der Waals surface area contributed by atoms with Crippen molar-refractivity contribution in [3.63, 3.8) is 0 Å². The fraction of sp³-hybridized carbons (Fsp3) is 0. The number of hydrogen-bond donors (Lipinski definition) is 3. The number of carbonyl (C=O) groups excluding carboxylic acids is 1. The molecule has 0 aliphatic rings. The average molecular weight is 328 g/mol. The third kappa shape index (κ3) is 2.62. The molecule has 2 aromatic heterocycles.